The second kappa shape index (κ2) is 4.48. The molecule has 2 heterocycles. The number of carboxylic acids is 1. The maximum Gasteiger partial charge on any atom is 0.371 e. The highest BCUT2D eigenvalue weighted by atomic mass is 16.4. The number of carbonyl (C=O) groups is 2. The van der Waals surface area contributed by atoms with Crippen LogP contribution in [0.1, 0.15) is 47.8 Å². The molecule has 1 aliphatic heterocycles. The van der Waals surface area contributed by atoms with Crippen LogP contribution in [0.25, 0.3) is 0 Å². The molecule has 0 aliphatic carbocycles. The zero-order valence-corrected chi connectivity index (χ0v) is 10.6. The van der Waals surface area contributed by atoms with Crippen LogP contribution >= 0.6 is 0 Å². The molecule has 1 saturated heterocycles. The van der Waals surface area contributed by atoms with Crippen molar-refractivity contribution in [3.8, 4) is 0 Å². The first-order chi connectivity index (χ1) is 8.39. The number of piperidine rings is 1. The van der Waals surface area contributed by atoms with E-state index in [1.54, 1.807) is 4.90 Å². The highest BCUT2D eigenvalue weighted by Gasteiger charge is 2.31. The van der Waals surface area contributed by atoms with Gasteiger partial charge in [0.2, 0.25) is 5.76 Å². The lowest BCUT2D eigenvalue weighted by atomic mass is 9.84. The third kappa shape index (κ3) is 2.55. The highest BCUT2D eigenvalue weighted by molar-refractivity contribution is 5.93. The van der Waals surface area contributed by atoms with Crippen LogP contribution in [0.3, 0.4) is 0 Å². The van der Waals surface area contributed by atoms with Gasteiger partial charge in [0.05, 0.1) is 0 Å². The Morgan fingerprint density at radius 2 is 2.00 bits per heavy atom. The van der Waals surface area contributed by atoms with Gasteiger partial charge < -0.3 is 14.4 Å². The molecular weight excluding hydrogens is 234 g/mol. The molecule has 1 N–H and O–H groups in total. The fourth-order valence-electron chi connectivity index (χ4n) is 2.32. The Labute approximate surface area is 105 Å². The molecule has 18 heavy (non-hydrogen) atoms. The number of furan rings is 1. The first kappa shape index (κ1) is 12.7. The summed E-state index contributed by atoms with van der Waals surface area (Å²) in [5.41, 5.74) is 0.107. The van der Waals surface area contributed by atoms with E-state index in [9.17, 15) is 9.59 Å². The third-order valence-corrected chi connectivity index (χ3v) is 3.22. The standard InChI is InChI=1S/C13H17NO4/c1-13(2)6-3-7-14(8-13)11(15)9-4-5-10(18-9)12(16)17/h4-5H,3,6-8H2,1-2H3,(H,16,17). The summed E-state index contributed by atoms with van der Waals surface area (Å²) in [6.07, 6.45) is 2.06. The largest absolute Gasteiger partial charge is 0.475 e. The molecule has 0 aromatic carbocycles. The van der Waals surface area contributed by atoms with E-state index in [4.69, 9.17) is 9.52 Å². The Morgan fingerprint density at radius 3 is 2.56 bits per heavy atom. The van der Waals surface area contributed by atoms with Crippen LogP contribution in [0.15, 0.2) is 16.5 Å². The van der Waals surface area contributed by atoms with Crippen molar-refractivity contribution in [1.29, 1.82) is 0 Å². The number of rotatable bonds is 2. The fourth-order valence-corrected chi connectivity index (χ4v) is 2.32. The summed E-state index contributed by atoms with van der Waals surface area (Å²) < 4.78 is 5.04. The number of likely N-dealkylation sites (tertiary alicyclic amines) is 1. The molecule has 0 atom stereocenters. The van der Waals surface area contributed by atoms with Crippen LogP contribution in [-0.2, 0) is 0 Å². The van der Waals surface area contributed by atoms with Crippen molar-refractivity contribution in [2.75, 3.05) is 13.1 Å². The Kier molecular flexibility index (Phi) is 3.15. The van der Waals surface area contributed by atoms with E-state index in [2.05, 4.69) is 13.8 Å². The number of nitrogens with zero attached hydrogens (tertiary/aromatic N) is 1. The zero-order chi connectivity index (χ0) is 13.3. The van der Waals surface area contributed by atoms with Gasteiger partial charge in [-0.1, -0.05) is 13.8 Å². The summed E-state index contributed by atoms with van der Waals surface area (Å²) in [6.45, 7) is 5.62. The molecule has 2 rings (SSSR count). The first-order valence-electron chi connectivity index (χ1n) is 6.01. The summed E-state index contributed by atoms with van der Waals surface area (Å²) >= 11 is 0. The average Bonchev–Trinajstić information content (AvgIpc) is 2.76. The van der Waals surface area contributed by atoms with E-state index in [-0.39, 0.29) is 22.8 Å². The minimum atomic E-state index is -1.16. The normalized spacial score (nSPS) is 18.7. The molecular formula is C13H17NO4. The first-order valence-corrected chi connectivity index (χ1v) is 6.01. The molecule has 5 nitrogen and oxygen atoms in total. The van der Waals surface area contributed by atoms with Crippen molar-refractivity contribution >= 4 is 11.9 Å². The van der Waals surface area contributed by atoms with Gasteiger partial charge in [-0.25, -0.2) is 4.79 Å². The summed E-state index contributed by atoms with van der Waals surface area (Å²) in [6, 6.07) is 2.73. The molecule has 1 aliphatic rings. The van der Waals surface area contributed by atoms with E-state index in [0.29, 0.717) is 13.1 Å². The van der Waals surface area contributed by atoms with Crippen molar-refractivity contribution < 1.29 is 19.1 Å². The molecule has 1 amide bonds. The molecule has 0 bridgehead atoms. The predicted molar refractivity (Wildman–Crippen MR) is 64.6 cm³/mol. The highest BCUT2D eigenvalue weighted by Crippen LogP contribution is 2.29. The molecule has 0 unspecified atom stereocenters. The van der Waals surface area contributed by atoms with E-state index in [0.717, 1.165) is 12.8 Å². The Bertz CT molecular complexity index is 475. The van der Waals surface area contributed by atoms with Crippen molar-refractivity contribution in [2.45, 2.75) is 26.7 Å². The lowest BCUT2D eigenvalue weighted by Gasteiger charge is -2.37. The van der Waals surface area contributed by atoms with Crippen molar-refractivity contribution in [3.63, 3.8) is 0 Å². The van der Waals surface area contributed by atoms with Gasteiger partial charge in [-0.2, -0.15) is 0 Å². The third-order valence-electron chi connectivity index (χ3n) is 3.22. The fraction of sp³-hybridized carbons (Fsp3) is 0.538. The Hall–Kier alpha value is -1.78. The quantitative estimate of drug-likeness (QED) is 0.875. The SMILES string of the molecule is CC1(C)CCCN(C(=O)c2ccc(C(=O)O)o2)C1. The van der Waals surface area contributed by atoms with Crippen LogP contribution < -0.4 is 0 Å². The van der Waals surface area contributed by atoms with Crippen molar-refractivity contribution in [3.05, 3.63) is 23.7 Å². The summed E-state index contributed by atoms with van der Waals surface area (Å²) in [4.78, 5) is 24.6. The maximum absolute atomic E-state index is 12.2. The van der Waals surface area contributed by atoms with Gasteiger partial charge in [-0.3, -0.25) is 4.79 Å². The van der Waals surface area contributed by atoms with Crippen molar-refractivity contribution in [1.82, 2.24) is 4.90 Å². The second-order valence-electron chi connectivity index (χ2n) is 5.46. The minimum absolute atomic E-state index is 0.102. The molecule has 1 aromatic rings. The molecule has 98 valence electrons. The topological polar surface area (TPSA) is 70.8 Å². The van der Waals surface area contributed by atoms with Crippen LogP contribution in [0.2, 0.25) is 0 Å². The molecule has 0 saturated carbocycles. The maximum atomic E-state index is 12.2. The van der Waals surface area contributed by atoms with Gasteiger partial charge in [0, 0.05) is 13.1 Å². The zero-order valence-electron chi connectivity index (χ0n) is 10.6. The van der Waals surface area contributed by atoms with Gasteiger partial charge >= 0.3 is 5.97 Å². The monoisotopic (exact) mass is 251 g/mol. The van der Waals surface area contributed by atoms with E-state index < -0.39 is 5.97 Å². The number of carboxylic acid groups (broad SMARTS) is 1. The number of hydrogen-bond donors (Lipinski definition) is 1. The second-order valence-corrected chi connectivity index (χ2v) is 5.46. The van der Waals surface area contributed by atoms with Crippen LogP contribution in [0, 0.1) is 5.41 Å². The minimum Gasteiger partial charge on any atom is -0.475 e. The van der Waals surface area contributed by atoms with E-state index in [1.807, 2.05) is 0 Å². The molecule has 0 radical (unpaired) electrons. The number of aromatic carboxylic acids is 1. The molecule has 1 fully saturated rings. The van der Waals surface area contributed by atoms with Crippen molar-refractivity contribution in [2.24, 2.45) is 5.41 Å². The van der Waals surface area contributed by atoms with Crippen LogP contribution in [0.5, 0.6) is 0 Å². The van der Waals surface area contributed by atoms with E-state index >= 15 is 0 Å². The smallest absolute Gasteiger partial charge is 0.371 e. The summed E-state index contributed by atoms with van der Waals surface area (Å²) in [7, 11) is 0. The molecule has 5 heteroatoms. The Balaban J connectivity index is 2.13. The van der Waals surface area contributed by atoms with Gasteiger partial charge in [0.15, 0.2) is 5.76 Å². The lowest BCUT2D eigenvalue weighted by molar-refractivity contribution is 0.0544. The van der Waals surface area contributed by atoms with Gasteiger partial charge in [0.25, 0.3) is 5.91 Å². The van der Waals surface area contributed by atoms with E-state index in [1.165, 1.54) is 12.1 Å². The average molecular weight is 251 g/mol. The van der Waals surface area contributed by atoms with Crippen LogP contribution in [-0.4, -0.2) is 35.0 Å². The summed E-state index contributed by atoms with van der Waals surface area (Å²) in [5.74, 6) is -1.48. The lowest BCUT2D eigenvalue weighted by Crippen LogP contribution is -2.43. The van der Waals surface area contributed by atoms with Gasteiger partial charge in [-0.05, 0) is 30.4 Å². The Morgan fingerprint density at radius 1 is 1.33 bits per heavy atom. The summed E-state index contributed by atoms with van der Waals surface area (Å²) in [5, 5.41) is 8.75. The number of carbonyl (C=O) groups excluding carboxylic acids is 1. The van der Waals surface area contributed by atoms with Gasteiger partial charge in [0.1, 0.15) is 0 Å². The molecule has 1 aromatic heterocycles. The predicted octanol–water partition coefficient (Wildman–Crippen LogP) is 2.24. The molecule has 0 spiro atoms. The number of hydrogen-bond acceptors (Lipinski definition) is 3. The number of amides is 1. The van der Waals surface area contributed by atoms with Crippen LogP contribution in [0.4, 0.5) is 0 Å². The van der Waals surface area contributed by atoms with Gasteiger partial charge in [-0.15, -0.1) is 0 Å².